The first-order chi connectivity index (χ1) is 12.9. The van der Waals surface area contributed by atoms with Crippen molar-refractivity contribution in [2.45, 2.75) is 117 Å². The summed E-state index contributed by atoms with van der Waals surface area (Å²) < 4.78 is 0. The van der Waals surface area contributed by atoms with Gasteiger partial charge in [0.25, 0.3) is 0 Å². The molecule has 26 heavy (non-hydrogen) atoms. The van der Waals surface area contributed by atoms with Gasteiger partial charge in [-0.1, -0.05) is 103 Å². The second-order valence-electron chi connectivity index (χ2n) is 6.90. The van der Waals surface area contributed by atoms with E-state index in [2.05, 4.69) is 26.9 Å². The predicted octanol–water partition coefficient (Wildman–Crippen LogP) is 7.52. The van der Waals surface area contributed by atoms with Gasteiger partial charge in [0.05, 0.1) is 6.61 Å². The Morgan fingerprint density at radius 2 is 1.00 bits per heavy atom. The first-order valence-corrected chi connectivity index (χ1v) is 10.8. The summed E-state index contributed by atoms with van der Waals surface area (Å²) in [5.41, 5.74) is 0. The van der Waals surface area contributed by atoms with Crippen LogP contribution >= 0.6 is 0 Å². The molecule has 0 radical (unpaired) electrons. The van der Waals surface area contributed by atoms with E-state index in [-0.39, 0.29) is 0 Å². The van der Waals surface area contributed by atoms with E-state index in [4.69, 9.17) is 4.89 Å². The fourth-order valence-corrected chi connectivity index (χ4v) is 2.87. The van der Waals surface area contributed by atoms with Gasteiger partial charge in [0.15, 0.2) is 0 Å². The lowest BCUT2D eigenvalue weighted by Crippen LogP contribution is -1.99. The molecule has 0 aliphatic carbocycles. The highest BCUT2D eigenvalue weighted by Crippen LogP contribution is 2.13. The molecule has 0 saturated carbocycles. The molecule has 5 heteroatoms. The van der Waals surface area contributed by atoms with E-state index >= 15 is 0 Å². The number of rotatable bonds is 22. The van der Waals surface area contributed by atoms with E-state index in [0.717, 1.165) is 12.8 Å². The van der Waals surface area contributed by atoms with E-state index in [1.807, 2.05) is 0 Å². The van der Waals surface area contributed by atoms with Crippen molar-refractivity contribution in [2.24, 2.45) is 0 Å². The molecule has 0 aromatic carbocycles. The molecule has 0 rings (SSSR count). The van der Waals surface area contributed by atoms with Crippen molar-refractivity contribution in [1.29, 1.82) is 0 Å². The standard InChI is InChI=1S/C21H42O5/c1-3-5-6-7-8-9-10-11-12-13-14-15-16-17-18-19-21-23-25-26-24-22-20-4-2/h4,20H,3,5-19,21H2,1-2H3. The molecule has 0 bridgehead atoms. The zero-order valence-corrected chi connectivity index (χ0v) is 17.2. The van der Waals surface area contributed by atoms with E-state index in [1.165, 1.54) is 96.2 Å². The van der Waals surface area contributed by atoms with E-state index in [9.17, 15) is 0 Å². The van der Waals surface area contributed by atoms with Crippen molar-refractivity contribution >= 4 is 0 Å². The van der Waals surface area contributed by atoms with E-state index in [0.29, 0.717) is 6.61 Å². The average molecular weight is 375 g/mol. The lowest BCUT2D eigenvalue weighted by molar-refractivity contribution is -0.700. The average Bonchev–Trinajstić information content (AvgIpc) is 2.66. The van der Waals surface area contributed by atoms with Crippen LogP contribution in [0, 0.1) is 0 Å². The van der Waals surface area contributed by atoms with Crippen LogP contribution in [0.3, 0.4) is 0 Å². The molecule has 0 unspecified atom stereocenters. The van der Waals surface area contributed by atoms with Crippen LogP contribution in [0.1, 0.15) is 117 Å². The molecule has 0 spiro atoms. The van der Waals surface area contributed by atoms with Crippen molar-refractivity contribution in [3.63, 3.8) is 0 Å². The fourth-order valence-electron chi connectivity index (χ4n) is 2.87. The molecule has 0 aromatic heterocycles. The van der Waals surface area contributed by atoms with Crippen molar-refractivity contribution in [2.75, 3.05) is 6.61 Å². The topological polar surface area (TPSA) is 46.2 Å². The Labute approximate surface area is 161 Å². The summed E-state index contributed by atoms with van der Waals surface area (Å²) >= 11 is 0. The lowest BCUT2D eigenvalue weighted by atomic mass is 10.0. The van der Waals surface area contributed by atoms with Crippen molar-refractivity contribution in [1.82, 2.24) is 0 Å². The molecular weight excluding hydrogens is 332 g/mol. The zero-order valence-electron chi connectivity index (χ0n) is 17.2. The number of unbranched alkanes of at least 4 members (excludes halogenated alkanes) is 15. The monoisotopic (exact) mass is 374 g/mol. The van der Waals surface area contributed by atoms with Crippen LogP contribution in [-0.2, 0) is 24.9 Å². The van der Waals surface area contributed by atoms with Crippen molar-refractivity contribution < 1.29 is 24.9 Å². The zero-order chi connectivity index (χ0) is 19.0. The third kappa shape index (κ3) is 23.4. The van der Waals surface area contributed by atoms with E-state index < -0.39 is 0 Å². The SMILES string of the molecule is CC=COOOOOCCCCCCCCCCCCCCCCCC. The molecular formula is C21H42O5. The maximum atomic E-state index is 4.78. The minimum atomic E-state index is 0.491. The normalized spacial score (nSPS) is 11.5. The lowest BCUT2D eigenvalue weighted by Gasteiger charge is -2.03. The van der Waals surface area contributed by atoms with Gasteiger partial charge in [0.1, 0.15) is 6.26 Å². The first-order valence-electron chi connectivity index (χ1n) is 10.8. The van der Waals surface area contributed by atoms with Crippen LogP contribution in [0.5, 0.6) is 0 Å². The summed E-state index contributed by atoms with van der Waals surface area (Å²) in [6.45, 7) is 4.56. The van der Waals surface area contributed by atoms with Gasteiger partial charge in [-0.3, -0.25) is 0 Å². The minimum Gasteiger partial charge on any atom is -0.314 e. The van der Waals surface area contributed by atoms with Gasteiger partial charge in [-0.05, 0) is 24.5 Å². The second-order valence-corrected chi connectivity index (χ2v) is 6.90. The second kappa shape index (κ2) is 24.4. The smallest absolute Gasteiger partial charge is 0.128 e. The Bertz CT molecular complexity index is 271. The van der Waals surface area contributed by atoms with Gasteiger partial charge < -0.3 is 4.89 Å². The summed E-state index contributed by atoms with van der Waals surface area (Å²) in [6.07, 6.45) is 24.6. The van der Waals surface area contributed by atoms with Crippen LogP contribution in [0.2, 0.25) is 0 Å². The Morgan fingerprint density at radius 3 is 1.46 bits per heavy atom. The van der Waals surface area contributed by atoms with Crippen molar-refractivity contribution in [3.8, 4) is 0 Å². The van der Waals surface area contributed by atoms with Crippen LogP contribution in [0.15, 0.2) is 12.3 Å². The fraction of sp³-hybridized carbons (Fsp3) is 0.905. The van der Waals surface area contributed by atoms with Gasteiger partial charge in [0.2, 0.25) is 0 Å². The summed E-state index contributed by atoms with van der Waals surface area (Å²) in [5.74, 6) is 0. The number of hydrogen-bond donors (Lipinski definition) is 0. The largest absolute Gasteiger partial charge is 0.314 e. The molecule has 0 saturated heterocycles. The van der Waals surface area contributed by atoms with Crippen LogP contribution in [-0.4, -0.2) is 6.61 Å². The Balaban J connectivity index is 2.97. The van der Waals surface area contributed by atoms with Gasteiger partial charge in [-0.25, -0.2) is 4.89 Å². The Morgan fingerprint density at radius 1 is 0.538 bits per heavy atom. The van der Waals surface area contributed by atoms with Gasteiger partial charge in [-0.2, -0.15) is 0 Å². The summed E-state index contributed by atoms with van der Waals surface area (Å²) in [6, 6.07) is 0. The van der Waals surface area contributed by atoms with Crippen molar-refractivity contribution in [3.05, 3.63) is 12.3 Å². The molecule has 0 fully saturated rings. The number of hydrogen-bond acceptors (Lipinski definition) is 5. The molecule has 156 valence electrons. The third-order valence-corrected chi connectivity index (χ3v) is 4.42. The molecule has 0 amide bonds. The highest BCUT2D eigenvalue weighted by atomic mass is 17.8. The van der Waals surface area contributed by atoms with E-state index in [1.54, 1.807) is 13.0 Å². The third-order valence-electron chi connectivity index (χ3n) is 4.42. The predicted molar refractivity (Wildman–Crippen MR) is 105 cm³/mol. The summed E-state index contributed by atoms with van der Waals surface area (Å²) in [4.78, 5) is 9.19. The van der Waals surface area contributed by atoms with Gasteiger partial charge >= 0.3 is 0 Å². The van der Waals surface area contributed by atoms with Gasteiger partial charge in [-0.15, -0.1) is 0 Å². The quantitative estimate of drug-likeness (QED) is 0.0848. The van der Waals surface area contributed by atoms with Crippen LogP contribution < -0.4 is 0 Å². The first kappa shape index (κ1) is 25.4. The summed E-state index contributed by atoms with van der Waals surface area (Å²) in [5, 5.41) is 12.7. The molecule has 0 N–H and O–H groups in total. The summed E-state index contributed by atoms with van der Waals surface area (Å²) in [7, 11) is 0. The molecule has 0 heterocycles. The molecule has 0 aliphatic rings. The highest BCUT2D eigenvalue weighted by Gasteiger charge is 1.96. The highest BCUT2D eigenvalue weighted by molar-refractivity contribution is 4.62. The molecule has 0 atom stereocenters. The maximum absolute atomic E-state index is 4.78. The Hall–Kier alpha value is -0.620. The molecule has 0 aliphatic heterocycles. The van der Waals surface area contributed by atoms with Crippen LogP contribution in [0.4, 0.5) is 0 Å². The van der Waals surface area contributed by atoms with Gasteiger partial charge in [0, 0.05) is 10.1 Å². The number of allylic oxidation sites excluding steroid dienone is 1. The molecule has 0 aromatic rings. The minimum absolute atomic E-state index is 0.491. The Kier molecular flexibility index (Phi) is 23.8. The molecule has 5 nitrogen and oxygen atoms in total. The van der Waals surface area contributed by atoms with Crippen LogP contribution in [0.25, 0.3) is 0 Å². The maximum Gasteiger partial charge on any atom is 0.128 e.